The summed E-state index contributed by atoms with van der Waals surface area (Å²) < 4.78 is 0. The van der Waals surface area contributed by atoms with Crippen LogP contribution in [-0.2, 0) is 9.59 Å². The van der Waals surface area contributed by atoms with Crippen molar-refractivity contribution in [2.45, 2.75) is 32.1 Å². The van der Waals surface area contributed by atoms with Gasteiger partial charge < -0.3 is 11.6 Å². The molecule has 2 N–H and O–H groups in total. The zero-order valence-corrected chi connectivity index (χ0v) is 10.4. The Morgan fingerprint density at radius 2 is 1.25 bits per heavy atom. The van der Waals surface area contributed by atoms with E-state index < -0.39 is 11.9 Å². The number of rotatable bonds is 6. The zero-order chi connectivity index (χ0) is 8.69. The molecule has 0 aromatic rings. The number of hydrogen-bond donors (Lipinski definition) is 2. The van der Waals surface area contributed by atoms with Gasteiger partial charge in [0.2, 0.25) is 0 Å². The van der Waals surface area contributed by atoms with Crippen molar-refractivity contribution in [1.82, 2.24) is 0 Å². The number of hydrogen-bond acceptors (Lipinski definition) is 2. The minimum Gasteiger partial charge on any atom is -1.00 e. The van der Waals surface area contributed by atoms with E-state index in [2.05, 4.69) is 0 Å². The molecule has 0 radical (unpaired) electrons. The second-order valence-corrected chi connectivity index (χ2v) is 2.35. The minimum atomic E-state index is -0.819. The zero-order valence-electron chi connectivity index (χ0n) is 8.25. The van der Waals surface area contributed by atoms with Gasteiger partial charge in [-0.15, -0.1) is 0 Å². The Morgan fingerprint density at radius 1 is 0.917 bits per heavy atom. The van der Waals surface area contributed by atoms with Crippen LogP contribution in [0.2, 0.25) is 0 Å². The van der Waals surface area contributed by atoms with Crippen molar-refractivity contribution in [3.63, 3.8) is 0 Å². The van der Waals surface area contributed by atoms with E-state index in [1.54, 1.807) is 0 Å². The van der Waals surface area contributed by atoms with E-state index in [1.807, 2.05) is 0 Å². The van der Waals surface area contributed by atoms with Crippen LogP contribution < -0.4 is 51.4 Å². The van der Waals surface area contributed by atoms with E-state index in [-0.39, 0.29) is 65.7 Å². The van der Waals surface area contributed by atoms with Gasteiger partial charge in [-0.25, -0.2) is 0 Å². The number of unbranched alkanes of at least 4 members (excludes halogenated alkanes) is 2. The molecule has 0 unspecified atom stereocenters. The Labute approximate surface area is 115 Å². The predicted octanol–water partition coefficient (Wildman–Crippen LogP) is -1.78. The molecule has 0 aliphatic heterocycles. The van der Waals surface area contributed by atoms with Gasteiger partial charge in [0.15, 0.2) is 0 Å². The second kappa shape index (κ2) is 9.66. The van der Waals surface area contributed by atoms with Crippen LogP contribution in [0.15, 0.2) is 0 Å². The SMILES string of the molecule is O=C(O)CCCCCC(=O)O.[H-].[K+]. The van der Waals surface area contributed by atoms with Gasteiger partial charge in [0.1, 0.15) is 0 Å². The summed E-state index contributed by atoms with van der Waals surface area (Å²) in [6.45, 7) is 0. The predicted molar refractivity (Wildman–Crippen MR) is 39.5 cm³/mol. The average Bonchev–Trinajstić information content (AvgIpc) is 1.85. The molecule has 0 saturated heterocycles. The van der Waals surface area contributed by atoms with Crippen molar-refractivity contribution in [2.24, 2.45) is 0 Å². The Kier molecular flexibility index (Phi) is 12.1. The smallest absolute Gasteiger partial charge is 1.00 e. The first-order valence-corrected chi connectivity index (χ1v) is 3.56. The first-order chi connectivity index (χ1) is 5.13. The van der Waals surface area contributed by atoms with Crippen LogP contribution in [0.4, 0.5) is 0 Å². The maximum absolute atomic E-state index is 9.98. The molecule has 0 aromatic heterocycles. The largest absolute Gasteiger partial charge is 1.00 e. The third-order valence-corrected chi connectivity index (χ3v) is 1.28. The van der Waals surface area contributed by atoms with Gasteiger partial charge >= 0.3 is 63.3 Å². The fraction of sp³-hybridized carbons (Fsp3) is 0.714. The molecule has 0 atom stereocenters. The van der Waals surface area contributed by atoms with Crippen molar-refractivity contribution >= 4 is 11.9 Å². The van der Waals surface area contributed by atoms with Crippen LogP contribution in [0.1, 0.15) is 33.5 Å². The molecule has 0 spiro atoms. The van der Waals surface area contributed by atoms with Gasteiger partial charge in [-0.1, -0.05) is 6.42 Å². The molecular formula is C7H13KO4. The molecule has 0 amide bonds. The Bertz CT molecular complexity index is 135. The minimum absolute atomic E-state index is 0. The summed E-state index contributed by atoms with van der Waals surface area (Å²) in [6.07, 6.45) is 2.10. The average molecular weight is 200 g/mol. The van der Waals surface area contributed by atoms with Crippen LogP contribution >= 0.6 is 0 Å². The van der Waals surface area contributed by atoms with Gasteiger partial charge in [-0.2, -0.15) is 0 Å². The topological polar surface area (TPSA) is 74.6 Å². The fourth-order valence-electron chi connectivity index (χ4n) is 0.729. The standard InChI is InChI=1S/C7H12O4.K.H/c8-6(9)4-2-1-3-5-7(10)11;;/h1-5H2,(H,8,9)(H,10,11);;/q;+1;-1. The number of carbonyl (C=O) groups is 2. The normalized spacial score (nSPS) is 8.67. The first-order valence-electron chi connectivity index (χ1n) is 3.56. The van der Waals surface area contributed by atoms with Crippen LogP contribution in [0.3, 0.4) is 0 Å². The van der Waals surface area contributed by atoms with Gasteiger partial charge in [0.05, 0.1) is 0 Å². The molecule has 5 heteroatoms. The number of carboxylic acids is 2. The summed E-state index contributed by atoms with van der Waals surface area (Å²) in [6, 6.07) is 0. The summed E-state index contributed by atoms with van der Waals surface area (Å²) >= 11 is 0. The van der Waals surface area contributed by atoms with Crippen LogP contribution in [0, 0.1) is 0 Å². The van der Waals surface area contributed by atoms with Crippen LogP contribution in [0.25, 0.3) is 0 Å². The van der Waals surface area contributed by atoms with E-state index in [0.29, 0.717) is 19.3 Å². The van der Waals surface area contributed by atoms with Crippen molar-refractivity contribution < 1.29 is 72.6 Å². The number of aliphatic carboxylic acids is 2. The fourth-order valence-corrected chi connectivity index (χ4v) is 0.729. The molecule has 0 bridgehead atoms. The summed E-state index contributed by atoms with van der Waals surface area (Å²) in [4.78, 5) is 20.0. The van der Waals surface area contributed by atoms with Crippen molar-refractivity contribution in [3.05, 3.63) is 0 Å². The first kappa shape index (κ1) is 15.1. The maximum Gasteiger partial charge on any atom is 1.00 e. The van der Waals surface area contributed by atoms with Crippen molar-refractivity contribution in [2.75, 3.05) is 0 Å². The van der Waals surface area contributed by atoms with Gasteiger partial charge in [0.25, 0.3) is 0 Å². The molecule has 0 rings (SSSR count). The van der Waals surface area contributed by atoms with E-state index in [0.717, 1.165) is 0 Å². The van der Waals surface area contributed by atoms with E-state index in [1.165, 1.54) is 0 Å². The monoisotopic (exact) mass is 200 g/mol. The third-order valence-electron chi connectivity index (χ3n) is 1.28. The summed E-state index contributed by atoms with van der Waals surface area (Å²) in [5.41, 5.74) is 0. The Morgan fingerprint density at radius 3 is 1.50 bits per heavy atom. The number of carboxylic acid groups (broad SMARTS) is 2. The summed E-state index contributed by atoms with van der Waals surface area (Å²) in [7, 11) is 0. The molecule has 12 heavy (non-hydrogen) atoms. The van der Waals surface area contributed by atoms with Gasteiger partial charge in [0, 0.05) is 12.8 Å². The quantitative estimate of drug-likeness (QED) is 0.393. The van der Waals surface area contributed by atoms with Gasteiger partial charge in [-0.05, 0) is 12.8 Å². The maximum atomic E-state index is 9.98. The second-order valence-electron chi connectivity index (χ2n) is 2.35. The van der Waals surface area contributed by atoms with E-state index in [4.69, 9.17) is 10.2 Å². The van der Waals surface area contributed by atoms with E-state index >= 15 is 0 Å². The molecule has 0 aromatic carbocycles. The summed E-state index contributed by atoms with van der Waals surface area (Å²) in [5, 5.41) is 16.4. The van der Waals surface area contributed by atoms with E-state index in [9.17, 15) is 9.59 Å². The summed E-state index contributed by atoms with van der Waals surface area (Å²) in [5.74, 6) is -1.64. The molecule has 0 saturated carbocycles. The van der Waals surface area contributed by atoms with Crippen molar-refractivity contribution in [3.8, 4) is 0 Å². The molecule has 0 fully saturated rings. The molecule has 4 nitrogen and oxygen atoms in total. The van der Waals surface area contributed by atoms with Crippen LogP contribution in [0.5, 0.6) is 0 Å². The Balaban J connectivity index is -0.000000500. The van der Waals surface area contributed by atoms with Gasteiger partial charge in [-0.3, -0.25) is 9.59 Å². The van der Waals surface area contributed by atoms with Crippen LogP contribution in [-0.4, -0.2) is 22.2 Å². The Hall–Kier alpha value is 0.576. The molecular weight excluding hydrogens is 187 g/mol. The molecule has 0 heterocycles. The molecule has 0 aliphatic rings. The van der Waals surface area contributed by atoms with Crippen molar-refractivity contribution in [1.29, 1.82) is 0 Å². The third kappa shape index (κ3) is 13.2. The molecule has 66 valence electrons. The molecule has 0 aliphatic carbocycles.